The summed E-state index contributed by atoms with van der Waals surface area (Å²) in [6.07, 6.45) is 0. The largest absolute Gasteiger partial charge is 1.00 e. The molecule has 6 aromatic rings. The Bertz CT molecular complexity index is 2710. The number of aromatic hydroxyl groups is 1. The average molecular weight is 775 g/mol. The van der Waals surface area contributed by atoms with Gasteiger partial charge in [-0.3, -0.25) is 9.11 Å². The molecular formula is C35H29N9NaO7S2+. The van der Waals surface area contributed by atoms with Crippen LogP contribution in [0.15, 0.2) is 144 Å². The first-order valence-corrected chi connectivity index (χ1v) is 18.2. The van der Waals surface area contributed by atoms with Gasteiger partial charge in [0, 0.05) is 5.69 Å². The minimum absolute atomic E-state index is 0. The van der Waals surface area contributed by atoms with Crippen molar-refractivity contribution < 1.29 is 60.6 Å². The quantitative estimate of drug-likeness (QED) is 0.0430. The molecule has 0 amide bonds. The van der Waals surface area contributed by atoms with Gasteiger partial charge in [0.15, 0.2) is 5.75 Å². The van der Waals surface area contributed by atoms with Gasteiger partial charge in [-0.1, -0.05) is 42.5 Å². The average Bonchev–Trinajstić information content (AvgIpc) is 3.11. The second-order valence-corrected chi connectivity index (χ2v) is 14.3. The second kappa shape index (κ2) is 15.8. The van der Waals surface area contributed by atoms with E-state index in [4.69, 9.17) is 17.2 Å². The number of benzene rings is 6. The molecule has 16 nitrogen and oxygen atoms in total. The molecule has 0 saturated carbocycles. The summed E-state index contributed by atoms with van der Waals surface area (Å²) in [7, 11) is -10.1. The molecule has 0 spiro atoms. The Kier molecular flexibility index (Phi) is 11.6. The van der Waals surface area contributed by atoms with Crippen LogP contribution >= 0.6 is 0 Å². The Labute approximate surface area is 331 Å². The summed E-state index contributed by atoms with van der Waals surface area (Å²) >= 11 is 0. The van der Waals surface area contributed by atoms with Gasteiger partial charge >= 0.3 is 29.6 Å². The number of nitrogen functional groups attached to an aromatic ring is 3. The zero-order valence-corrected chi connectivity index (χ0v) is 32.2. The molecule has 0 aliphatic heterocycles. The van der Waals surface area contributed by atoms with E-state index in [0.29, 0.717) is 28.4 Å². The summed E-state index contributed by atoms with van der Waals surface area (Å²) in [5.74, 6) is -0.855. The maximum atomic E-state index is 12.4. The minimum atomic E-state index is -5.04. The summed E-state index contributed by atoms with van der Waals surface area (Å²) in [5, 5.41) is 35.0. The molecular weight excluding hydrogens is 746 g/mol. The smallest absolute Gasteiger partial charge is 0.505 e. The van der Waals surface area contributed by atoms with E-state index < -0.39 is 52.8 Å². The van der Waals surface area contributed by atoms with Gasteiger partial charge < -0.3 is 22.3 Å². The van der Waals surface area contributed by atoms with Crippen LogP contribution in [0, 0.1) is 6.92 Å². The van der Waals surface area contributed by atoms with E-state index in [1.807, 2.05) is 19.1 Å². The van der Waals surface area contributed by atoms with Gasteiger partial charge in [-0.15, -0.1) is 15.3 Å². The summed E-state index contributed by atoms with van der Waals surface area (Å²) < 4.78 is 69.4. The van der Waals surface area contributed by atoms with Gasteiger partial charge in [0.1, 0.15) is 26.9 Å². The number of hydrogen-bond acceptors (Lipinski definition) is 14. The minimum Gasteiger partial charge on any atom is -0.505 e. The molecule has 0 unspecified atom stereocenters. The predicted octanol–water partition coefficient (Wildman–Crippen LogP) is 6.01. The van der Waals surface area contributed by atoms with E-state index in [9.17, 15) is 31.0 Å². The number of aryl methyl sites for hydroxylation is 1. The second-order valence-electron chi connectivity index (χ2n) is 11.6. The number of rotatable bonds is 9. The van der Waals surface area contributed by atoms with Crippen LogP contribution in [0.3, 0.4) is 0 Å². The molecule has 9 N–H and O–H groups in total. The van der Waals surface area contributed by atoms with Crippen molar-refractivity contribution in [3.63, 3.8) is 0 Å². The number of nitrogens with two attached hydrogens (primary N) is 3. The molecule has 0 radical (unpaired) electrons. The molecule has 0 heterocycles. The number of phenols is 1. The van der Waals surface area contributed by atoms with Crippen molar-refractivity contribution in [1.82, 2.24) is 0 Å². The molecule has 0 fully saturated rings. The van der Waals surface area contributed by atoms with Crippen LogP contribution in [-0.4, -0.2) is 31.0 Å². The van der Waals surface area contributed by atoms with Crippen LogP contribution in [0.5, 0.6) is 5.75 Å². The third-order valence-electron chi connectivity index (χ3n) is 7.91. The topological polar surface area (TPSA) is 281 Å². The van der Waals surface area contributed by atoms with Crippen molar-refractivity contribution in [1.29, 1.82) is 0 Å². The van der Waals surface area contributed by atoms with Crippen molar-refractivity contribution in [3.05, 3.63) is 109 Å². The van der Waals surface area contributed by atoms with Crippen molar-refractivity contribution in [2.75, 3.05) is 17.2 Å². The summed E-state index contributed by atoms with van der Waals surface area (Å²) in [6.45, 7) is 1.85. The Hall–Kier alpha value is -5.60. The van der Waals surface area contributed by atoms with E-state index in [1.165, 1.54) is 0 Å². The third kappa shape index (κ3) is 8.61. The number of phenolic OH excluding ortho intramolecular Hbond substituents is 1. The molecule has 6 rings (SSSR count). The summed E-state index contributed by atoms with van der Waals surface area (Å²) in [4.78, 5) is -1.73. The first-order valence-electron chi connectivity index (χ1n) is 15.3. The summed E-state index contributed by atoms with van der Waals surface area (Å²) in [5.41, 5.74) is 21.5. The molecule has 268 valence electrons. The summed E-state index contributed by atoms with van der Waals surface area (Å²) in [6, 6.07) is 27.1. The standard InChI is InChI=1S/C35H29N9O7S2.Na/c1-19-15-28(27(37)18-26(19)36)42-39-24-11-7-20(8-12-24)21-9-13-25(14-10-21)41-43-33-29(52(46,47)48)16-22-17-30(53(49,50)51)34(35(45)31(22)32(33)38)44-40-23-5-3-2-4-6-23;/h2-18,45H,36-38H2,1H3,(H,46,47,48)(H,49,50,51);/q;+1. The third-order valence-corrected chi connectivity index (χ3v) is 9.65. The number of fused-ring (bicyclic) bond motifs is 1. The first-order chi connectivity index (χ1) is 25.1. The Balaban J connectivity index is 0.00000561. The van der Waals surface area contributed by atoms with E-state index in [-0.39, 0.29) is 46.0 Å². The molecule has 0 aliphatic carbocycles. The zero-order chi connectivity index (χ0) is 38.1. The van der Waals surface area contributed by atoms with Crippen molar-refractivity contribution in [3.8, 4) is 16.9 Å². The van der Waals surface area contributed by atoms with Crippen LogP contribution in [0.1, 0.15) is 5.56 Å². The van der Waals surface area contributed by atoms with Crippen LogP contribution < -0.4 is 46.8 Å². The van der Waals surface area contributed by atoms with Crippen LogP contribution in [0.4, 0.5) is 51.2 Å². The maximum absolute atomic E-state index is 12.4. The van der Waals surface area contributed by atoms with Gasteiger partial charge in [-0.2, -0.15) is 32.2 Å². The molecule has 0 aromatic heterocycles. The van der Waals surface area contributed by atoms with E-state index in [1.54, 1.807) is 78.9 Å². The normalized spacial score (nSPS) is 12.2. The number of anilines is 3. The van der Waals surface area contributed by atoms with E-state index in [0.717, 1.165) is 28.8 Å². The molecule has 0 saturated heterocycles. The zero-order valence-electron chi connectivity index (χ0n) is 28.5. The molecule has 19 heteroatoms. The monoisotopic (exact) mass is 774 g/mol. The van der Waals surface area contributed by atoms with Crippen molar-refractivity contribution in [2.45, 2.75) is 16.7 Å². The number of azo groups is 3. The number of hydrogen-bond donors (Lipinski definition) is 6. The Morgan fingerprint density at radius 3 is 1.54 bits per heavy atom. The van der Waals surface area contributed by atoms with Gasteiger partial charge in [0.25, 0.3) is 20.2 Å². The first kappa shape index (κ1) is 39.6. The Morgan fingerprint density at radius 1 is 0.556 bits per heavy atom. The molecule has 0 aliphatic rings. The molecule has 54 heavy (non-hydrogen) atoms. The molecule has 0 atom stereocenters. The van der Waals surface area contributed by atoms with E-state index in [2.05, 4.69) is 30.7 Å². The fourth-order valence-electron chi connectivity index (χ4n) is 5.18. The van der Waals surface area contributed by atoms with Gasteiger partial charge in [-0.25, -0.2) is 0 Å². The van der Waals surface area contributed by atoms with Gasteiger partial charge in [-0.05, 0) is 89.7 Å². The SMILES string of the molecule is Cc1cc(N=Nc2ccc(-c3ccc(N=Nc4c(S(=O)(=O)O)cc5cc(S(=O)(=O)O)c(N=Nc6ccccc6)c(O)c5c4N)cc3)cc2)c(N)cc1N.[Na+]. The van der Waals surface area contributed by atoms with Crippen LogP contribution in [-0.2, 0) is 20.2 Å². The molecule has 6 aromatic carbocycles. The predicted molar refractivity (Wildman–Crippen MR) is 201 cm³/mol. The van der Waals surface area contributed by atoms with Gasteiger partial charge in [0.2, 0.25) is 0 Å². The fourth-order valence-corrected chi connectivity index (χ4v) is 6.51. The van der Waals surface area contributed by atoms with E-state index >= 15 is 0 Å². The van der Waals surface area contributed by atoms with Crippen molar-refractivity contribution >= 4 is 82.2 Å². The maximum Gasteiger partial charge on any atom is 1.00 e. The van der Waals surface area contributed by atoms with Gasteiger partial charge in [0.05, 0.1) is 33.8 Å². The van der Waals surface area contributed by atoms with Crippen LogP contribution in [0.25, 0.3) is 21.9 Å². The Morgan fingerprint density at radius 2 is 1.02 bits per heavy atom. The number of nitrogens with zero attached hydrogens (tertiary/aromatic N) is 6. The fraction of sp³-hybridized carbons (Fsp3) is 0.0286. The van der Waals surface area contributed by atoms with Crippen molar-refractivity contribution in [2.24, 2.45) is 30.7 Å². The van der Waals surface area contributed by atoms with Crippen LogP contribution in [0.2, 0.25) is 0 Å². The molecule has 0 bridgehead atoms.